The molecule has 3 heteroatoms. The van der Waals surface area contributed by atoms with Gasteiger partial charge in [-0.25, -0.2) is 0 Å². The summed E-state index contributed by atoms with van der Waals surface area (Å²) in [5.74, 6) is 0. The standard InChI is InChI=1S/C13H28N2O/c1-14-12(11-16)9-10-15(2)13-7-5-3-4-6-8-13/h12-14,16H,3-11H2,1-2H3. The molecule has 0 amide bonds. The van der Waals surface area contributed by atoms with Gasteiger partial charge in [0.15, 0.2) is 0 Å². The van der Waals surface area contributed by atoms with Gasteiger partial charge in [-0.05, 0) is 39.9 Å². The van der Waals surface area contributed by atoms with E-state index in [1.807, 2.05) is 7.05 Å². The fourth-order valence-electron chi connectivity index (χ4n) is 2.57. The van der Waals surface area contributed by atoms with Gasteiger partial charge in [0.1, 0.15) is 0 Å². The molecule has 0 aromatic rings. The number of aliphatic hydroxyl groups is 1. The Kier molecular flexibility index (Phi) is 7.01. The molecule has 0 heterocycles. The van der Waals surface area contributed by atoms with Crippen LogP contribution >= 0.6 is 0 Å². The highest BCUT2D eigenvalue weighted by Gasteiger charge is 2.17. The summed E-state index contributed by atoms with van der Waals surface area (Å²) in [5, 5.41) is 12.3. The van der Waals surface area contributed by atoms with Crippen LogP contribution in [0.4, 0.5) is 0 Å². The highest BCUT2D eigenvalue weighted by molar-refractivity contribution is 4.74. The molecule has 0 bridgehead atoms. The van der Waals surface area contributed by atoms with Crippen molar-refractivity contribution in [2.75, 3.05) is 27.2 Å². The van der Waals surface area contributed by atoms with E-state index in [1.165, 1.54) is 38.5 Å². The maximum atomic E-state index is 9.11. The Morgan fingerprint density at radius 2 is 1.88 bits per heavy atom. The van der Waals surface area contributed by atoms with Gasteiger partial charge in [0, 0.05) is 12.1 Å². The van der Waals surface area contributed by atoms with Crippen LogP contribution in [0, 0.1) is 0 Å². The Labute approximate surface area is 100 Å². The van der Waals surface area contributed by atoms with Crippen LogP contribution in [0.2, 0.25) is 0 Å². The van der Waals surface area contributed by atoms with Crippen molar-refractivity contribution in [2.45, 2.75) is 57.0 Å². The molecular formula is C13H28N2O. The summed E-state index contributed by atoms with van der Waals surface area (Å²) in [6, 6.07) is 1.03. The summed E-state index contributed by atoms with van der Waals surface area (Å²) < 4.78 is 0. The summed E-state index contributed by atoms with van der Waals surface area (Å²) in [6.45, 7) is 1.34. The van der Waals surface area contributed by atoms with Crippen LogP contribution in [0.1, 0.15) is 44.9 Å². The molecule has 1 rings (SSSR count). The minimum absolute atomic E-state index is 0.245. The number of nitrogens with zero attached hydrogens (tertiary/aromatic N) is 1. The van der Waals surface area contributed by atoms with E-state index in [0.717, 1.165) is 19.0 Å². The lowest BCUT2D eigenvalue weighted by Crippen LogP contribution is -2.37. The van der Waals surface area contributed by atoms with Gasteiger partial charge in [0.2, 0.25) is 0 Å². The average Bonchev–Trinajstić information content (AvgIpc) is 2.58. The van der Waals surface area contributed by atoms with Gasteiger partial charge in [0.05, 0.1) is 6.61 Å². The molecule has 0 aromatic carbocycles. The van der Waals surface area contributed by atoms with Crippen molar-refractivity contribution in [1.82, 2.24) is 10.2 Å². The van der Waals surface area contributed by atoms with E-state index in [0.29, 0.717) is 0 Å². The quantitative estimate of drug-likeness (QED) is 0.678. The molecule has 1 saturated carbocycles. The predicted octanol–water partition coefficient (Wildman–Crippen LogP) is 1.61. The Balaban J connectivity index is 2.24. The molecule has 1 aliphatic carbocycles. The van der Waals surface area contributed by atoms with Crippen molar-refractivity contribution in [3.8, 4) is 0 Å². The highest BCUT2D eigenvalue weighted by Crippen LogP contribution is 2.21. The van der Waals surface area contributed by atoms with E-state index in [9.17, 15) is 0 Å². The van der Waals surface area contributed by atoms with Gasteiger partial charge in [-0.15, -0.1) is 0 Å². The van der Waals surface area contributed by atoms with Gasteiger partial charge in [0.25, 0.3) is 0 Å². The zero-order valence-corrected chi connectivity index (χ0v) is 10.9. The van der Waals surface area contributed by atoms with E-state index in [4.69, 9.17) is 5.11 Å². The summed E-state index contributed by atoms with van der Waals surface area (Å²) >= 11 is 0. The fraction of sp³-hybridized carbons (Fsp3) is 1.00. The van der Waals surface area contributed by atoms with Gasteiger partial charge < -0.3 is 15.3 Å². The van der Waals surface area contributed by atoms with E-state index in [1.54, 1.807) is 0 Å². The second kappa shape index (κ2) is 8.04. The second-order valence-electron chi connectivity index (χ2n) is 5.08. The number of hydrogen-bond acceptors (Lipinski definition) is 3. The molecule has 2 N–H and O–H groups in total. The Morgan fingerprint density at radius 3 is 2.38 bits per heavy atom. The predicted molar refractivity (Wildman–Crippen MR) is 68.7 cm³/mol. The Hall–Kier alpha value is -0.120. The van der Waals surface area contributed by atoms with Crippen LogP contribution in [-0.4, -0.2) is 49.3 Å². The molecule has 96 valence electrons. The third-order valence-electron chi connectivity index (χ3n) is 3.91. The van der Waals surface area contributed by atoms with E-state index >= 15 is 0 Å². The summed E-state index contributed by atoms with van der Waals surface area (Å²) in [7, 11) is 4.16. The molecule has 0 saturated heterocycles. The minimum atomic E-state index is 0.245. The summed E-state index contributed by atoms with van der Waals surface area (Å²) in [6.07, 6.45) is 9.38. The first-order valence-electron chi connectivity index (χ1n) is 6.76. The smallest absolute Gasteiger partial charge is 0.0585 e. The number of rotatable bonds is 6. The maximum absolute atomic E-state index is 9.11. The topological polar surface area (TPSA) is 35.5 Å². The third-order valence-corrected chi connectivity index (χ3v) is 3.91. The monoisotopic (exact) mass is 228 g/mol. The lowest BCUT2D eigenvalue weighted by Gasteiger charge is -2.28. The van der Waals surface area contributed by atoms with Crippen molar-refractivity contribution in [1.29, 1.82) is 0 Å². The van der Waals surface area contributed by atoms with E-state index < -0.39 is 0 Å². The zero-order chi connectivity index (χ0) is 11.8. The van der Waals surface area contributed by atoms with Crippen LogP contribution < -0.4 is 5.32 Å². The first-order chi connectivity index (χ1) is 7.77. The van der Waals surface area contributed by atoms with Crippen molar-refractivity contribution < 1.29 is 5.11 Å². The molecule has 1 atom stereocenters. The summed E-state index contributed by atoms with van der Waals surface area (Å²) in [5.41, 5.74) is 0. The van der Waals surface area contributed by atoms with Gasteiger partial charge >= 0.3 is 0 Å². The largest absolute Gasteiger partial charge is 0.395 e. The third kappa shape index (κ3) is 4.81. The first-order valence-corrected chi connectivity index (χ1v) is 6.76. The Morgan fingerprint density at radius 1 is 1.25 bits per heavy atom. The summed E-state index contributed by atoms with van der Waals surface area (Å²) in [4.78, 5) is 2.49. The molecule has 16 heavy (non-hydrogen) atoms. The molecule has 1 unspecified atom stereocenters. The molecule has 1 aliphatic rings. The van der Waals surface area contributed by atoms with E-state index in [-0.39, 0.29) is 12.6 Å². The number of hydrogen-bond donors (Lipinski definition) is 2. The van der Waals surface area contributed by atoms with Crippen LogP contribution in [0.25, 0.3) is 0 Å². The second-order valence-corrected chi connectivity index (χ2v) is 5.08. The molecule has 0 radical (unpaired) electrons. The van der Waals surface area contributed by atoms with Gasteiger partial charge in [-0.3, -0.25) is 0 Å². The van der Waals surface area contributed by atoms with Gasteiger partial charge in [-0.1, -0.05) is 25.7 Å². The molecular weight excluding hydrogens is 200 g/mol. The number of aliphatic hydroxyl groups excluding tert-OH is 1. The lowest BCUT2D eigenvalue weighted by atomic mass is 10.1. The molecule has 3 nitrogen and oxygen atoms in total. The Bertz CT molecular complexity index is 163. The molecule has 0 aliphatic heterocycles. The lowest BCUT2D eigenvalue weighted by molar-refractivity contribution is 0.187. The zero-order valence-electron chi connectivity index (χ0n) is 10.9. The van der Waals surface area contributed by atoms with E-state index in [2.05, 4.69) is 17.3 Å². The highest BCUT2D eigenvalue weighted by atomic mass is 16.3. The minimum Gasteiger partial charge on any atom is -0.395 e. The fourth-order valence-corrected chi connectivity index (χ4v) is 2.57. The van der Waals surface area contributed by atoms with Crippen molar-refractivity contribution in [3.05, 3.63) is 0 Å². The normalized spacial score (nSPS) is 21.0. The van der Waals surface area contributed by atoms with Crippen LogP contribution in [0.5, 0.6) is 0 Å². The molecule has 0 spiro atoms. The van der Waals surface area contributed by atoms with Crippen molar-refractivity contribution >= 4 is 0 Å². The van der Waals surface area contributed by atoms with Crippen LogP contribution in [0.15, 0.2) is 0 Å². The average molecular weight is 228 g/mol. The van der Waals surface area contributed by atoms with Crippen molar-refractivity contribution in [2.24, 2.45) is 0 Å². The van der Waals surface area contributed by atoms with Crippen molar-refractivity contribution in [3.63, 3.8) is 0 Å². The van der Waals surface area contributed by atoms with Gasteiger partial charge in [-0.2, -0.15) is 0 Å². The SMILES string of the molecule is CNC(CO)CCN(C)C1CCCCCC1. The molecule has 1 fully saturated rings. The number of nitrogens with one attached hydrogen (secondary N) is 1. The number of likely N-dealkylation sites (N-methyl/N-ethyl adjacent to an activating group) is 1. The van der Waals surface area contributed by atoms with Crippen LogP contribution in [-0.2, 0) is 0 Å². The van der Waals surface area contributed by atoms with Crippen LogP contribution in [0.3, 0.4) is 0 Å². The maximum Gasteiger partial charge on any atom is 0.0585 e. The molecule has 0 aromatic heterocycles. The first kappa shape index (κ1) is 13.9.